The second-order valence-corrected chi connectivity index (χ2v) is 6.84. The Bertz CT molecular complexity index is 516. The molecule has 5 nitrogen and oxygen atoms in total. The number of carbonyl (C=O) groups is 2. The fourth-order valence-corrected chi connectivity index (χ4v) is 1.87. The summed E-state index contributed by atoms with van der Waals surface area (Å²) in [5.74, 6) is 0.102. The lowest BCUT2D eigenvalue weighted by atomic mass is 10.0. The topological polar surface area (TPSA) is 70.2 Å². The van der Waals surface area contributed by atoms with Crippen molar-refractivity contribution in [3.63, 3.8) is 0 Å². The Morgan fingerprint density at radius 2 is 1.55 bits per heavy atom. The van der Waals surface area contributed by atoms with Gasteiger partial charge >= 0.3 is 6.03 Å². The van der Waals surface area contributed by atoms with Crippen LogP contribution in [-0.4, -0.2) is 23.5 Å². The predicted octanol–water partition coefficient (Wildman–Crippen LogP) is 3.23. The monoisotopic (exact) mass is 305 g/mol. The van der Waals surface area contributed by atoms with Gasteiger partial charge in [0.15, 0.2) is 0 Å². The van der Waals surface area contributed by atoms with Gasteiger partial charge in [-0.1, -0.05) is 26.0 Å². The van der Waals surface area contributed by atoms with E-state index < -0.39 is 12.1 Å². The van der Waals surface area contributed by atoms with E-state index in [0.717, 1.165) is 5.69 Å². The average Bonchev–Trinajstić information content (AvgIpc) is 2.36. The smallest absolute Gasteiger partial charge is 0.321 e. The molecule has 0 saturated carbocycles. The quantitative estimate of drug-likeness (QED) is 0.800. The van der Waals surface area contributed by atoms with Crippen LogP contribution in [0.15, 0.2) is 24.3 Å². The van der Waals surface area contributed by atoms with Gasteiger partial charge in [0, 0.05) is 11.2 Å². The van der Waals surface area contributed by atoms with Crippen molar-refractivity contribution in [3.8, 4) is 0 Å². The lowest BCUT2D eigenvalue weighted by molar-refractivity contribution is -0.120. The van der Waals surface area contributed by atoms with E-state index in [-0.39, 0.29) is 11.4 Å². The average molecular weight is 305 g/mol. The van der Waals surface area contributed by atoms with Crippen LogP contribution in [0.2, 0.25) is 0 Å². The fraction of sp³-hybridized carbons (Fsp3) is 0.529. The Balaban J connectivity index is 2.55. The zero-order chi connectivity index (χ0) is 16.9. The van der Waals surface area contributed by atoms with Crippen LogP contribution in [0.1, 0.15) is 53.0 Å². The normalized spacial score (nSPS) is 12.7. The van der Waals surface area contributed by atoms with E-state index in [4.69, 9.17) is 0 Å². The summed E-state index contributed by atoms with van der Waals surface area (Å²) in [7, 11) is 0. The van der Waals surface area contributed by atoms with E-state index in [1.54, 1.807) is 6.92 Å². The molecule has 1 rings (SSSR count). The number of urea groups is 1. The van der Waals surface area contributed by atoms with Crippen molar-refractivity contribution in [1.29, 1.82) is 0 Å². The zero-order valence-corrected chi connectivity index (χ0v) is 14.3. The van der Waals surface area contributed by atoms with E-state index in [1.165, 1.54) is 5.56 Å². The van der Waals surface area contributed by atoms with Gasteiger partial charge < -0.3 is 10.6 Å². The maximum atomic E-state index is 12.0. The third-order valence-electron chi connectivity index (χ3n) is 3.08. The number of amides is 3. The predicted molar refractivity (Wildman–Crippen MR) is 90.0 cm³/mol. The third kappa shape index (κ3) is 6.16. The van der Waals surface area contributed by atoms with Gasteiger partial charge in [0.2, 0.25) is 5.91 Å². The molecule has 1 atom stereocenters. The number of rotatable bonds is 4. The summed E-state index contributed by atoms with van der Waals surface area (Å²) in [5.41, 5.74) is 1.71. The van der Waals surface area contributed by atoms with Gasteiger partial charge in [-0.2, -0.15) is 0 Å². The molecule has 0 heterocycles. The van der Waals surface area contributed by atoms with Crippen LogP contribution >= 0.6 is 0 Å². The first-order valence-electron chi connectivity index (χ1n) is 7.58. The summed E-state index contributed by atoms with van der Waals surface area (Å²) in [6.45, 7) is 11.5. The number of nitrogens with one attached hydrogen (secondary N) is 3. The van der Waals surface area contributed by atoms with Gasteiger partial charge in [-0.05, 0) is 51.3 Å². The van der Waals surface area contributed by atoms with E-state index in [1.807, 2.05) is 45.0 Å². The summed E-state index contributed by atoms with van der Waals surface area (Å²) in [6, 6.07) is 6.95. The SMILES string of the molecule is CC(Nc1ccc(C(C)C)cc1)C(=O)NC(=O)NC(C)(C)C. The molecule has 3 N–H and O–H groups in total. The van der Waals surface area contributed by atoms with Crippen LogP contribution in [0, 0.1) is 0 Å². The minimum atomic E-state index is -0.504. The highest BCUT2D eigenvalue weighted by atomic mass is 16.2. The van der Waals surface area contributed by atoms with Crippen molar-refractivity contribution in [2.75, 3.05) is 5.32 Å². The van der Waals surface area contributed by atoms with Crippen LogP contribution < -0.4 is 16.0 Å². The Kier molecular flexibility index (Phi) is 5.97. The van der Waals surface area contributed by atoms with Gasteiger partial charge in [-0.15, -0.1) is 0 Å². The second-order valence-electron chi connectivity index (χ2n) is 6.84. The Morgan fingerprint density at radius 1 is 1.00 bits per heavy atom. The molecular formula is C17H27N3O2. The minimum absolute atomic E-state index is 0.366. The van der Waals surface area contributed by atoms with Gasteiger partial charge in [0.1, 0.15) is 6.04 Å². The summed E-state index contributed by atoms with van der Waals surface area (Å²) in [4.78, 5) is 23.7. The molecule has 3 amide bonds. The minimum Gasteiger partial charge on any atom is -0.374 e. The lowest BCUT2D eigenvalue weighted by Crippen LogP contribution is -2.51. The largest absolute Gasteiger partial charge is 0.374 e. The van der Waals surface area contributed by atoms with Crippen LogP contribution in [0.25, 0.3) is 0 Å². The van der Waals surface area contributed by atoms with E-state index in [2.05, 4.69) is 29.8 Å². The Morgan fingerprint density at radius 3 is 2.00 bits per heavy atom. The second kappa shape index (κ2) is 7.29. The maximum absolute atomic E-state index is 12.0. The first-order chi connectivity index (χ1) is 10.1. The zero-order valence-electron chi connectivity index (χ0n) is 14.3. The molecule has 0 saturated heterocycles. The molecule has 0 fully saturated rings. The van der Waals surface area contributed by atoms with Gasteiger partial charge in [0.25, 0.3) is 0 Å². The number of carbonyl (C=O) groups excluding carboxylic acids is 2. The highest BCUT2D eigenvalue weighted by Crippen LogP contribution is 2.17. The van der Waals surface area contributed by atoms with Crippen molar-refractivity contribution < 1.29 is 9.59 Å². The molecule has 0 aliphatic heterocycles. The number of imide groups is 1. The standard InChI is InChI=1S/C17H27N3O2/c1-11(2)13-7-9-14(10-8-13)18-12(3)15(21)19-16(22)20-17(4,5)6/h7-12,18H,1-6H3,(H2,19,20,21,22). The molecule has 5 heteroatoms. The van der Waals surface area contributed by atoms with E-state index in [0.29, 0.717) is 5.92 Å². The molecule has 1 aromatic carbocycles. The van der Waals surface area contributed by atoms with Crippen molar-refractivity contribution >= 4 is 17.6 Å². The molecule has 0 aliphatic rings. The van der Waals surface area contributed by atoms with Crippen molar-refractivity contribution in [3.05, 3.63) is 29.8 Å². The van der Waals surface area contributed by atoms with Crippen molar-refractivity contribution in [1.82, 2.24) is 10.6 Å². The molecule has 0 spiro atoms. The van der Waals surface area contributed by atoms with Crippen LogP contribution in [0.4, 0.5) is 10.5 Å². The van der Waals surface area contributed by atoms with Gasteiger partial charge in [-0.25, -0.2) is 4.79 Å². The van der Waals surface area contributed by atoms with Crippen molar-refractivity contribution in [2.45, 2.75) is 59.0 Å². The molecule has 22 heavy (non-hydrogen) atoms. The third-order valence-corrected chi connectivity index (χ3v) is 3.08. The maximum Gasteiger partial charge on any atom is 0.321 e. The number of hydrogen-bond acceptors (Lipinski definition) is 3. The number of anilines is 1. The summed E-state index contributed by atoms with van der Waals surface area (Å²) < 4.78 is 0. The molecule has 0 radical (unpaired) electrons. The first kappa shape index (κ1) is 18.0. The summed E-state index contributed by atoms with van der Waals surface area (Å²) >= 11 is 0. The summed E-state index contributed by atoms with van der Waals surface area (Å²) in [6.07, 6.45) is 0. The van der Waals surface area contributed by atoms with Gasteiger partial charge in [-0.3, -0.25) is 10.1 Å². The van der Waals surface area contributed by atoms with Crippen LogP contribution in [0.5, 0.6) is 0 Å². The molecule has 1 unspecified atom stereocenters. The van der Waals surface area contributed by atoms with E-state index >= 15 is 0 Å². The highest BCUT2D eigenvalue weighted by Gasteiger charge is 2.19. The number of hydrogen-bond donors (Lipinski definition) is 3. The molecule has 0 aromatic heterocycles. The Labute approximate surface area is 132 Å². The molecule has 122 valence electrons. The van der Waals surface area contributed by atoms with Crippen LogP contribution in [0.3, 0.4) is 0 Å². The summed E-state index contributed by atoms with van der Waals surface area (Å²) in [5, 5.41) is 8.11. The Hall–Kier alpha value is -2.04. The number of benzene rings is 1. The first-order valence-corrected chi connectivity index (χ1v) is 7.58. The lowest BCUT2D eigenvalue weighted by Gasteiger charge is -2.21. The van der Waals surface area contributed by atoms with Crippen molar-refractivity contribution in [2.24, 2.45) is 0 Å². The molecule has 0 aliphatic carbocycles. The highest BCUT2D eigenvalue weighted by molar-refractivity contribution is 5.98. The molecular weight excluding hydrogens is 278 g/mol. The molecule has 0 bridgehead atoms. The molecule has 1 aromatic rings. The van der Waals surface area contributed by atoms with E-state index in [9.17, 15) is 9.59 Å². The van der Waals surface area contributed by atoms with Crippen LogP contribution in [-0.2, 0) is 4.79 Å². The fourth-order valence-electron chi connectivity index (χ4n) is 1.87. The van der Waals surface area contributed by atoms with Gasteiger partial charge in [0.05, 0.1) is 0 Å².